The van der Waals surface area contributed by atoms with Gasteiger partial charge in [0.25, 0.3) is 5.91 Å². The number of hydrogen-bond donors (Lipinski definition) is 1. The zero-order chi connectivity index (χ0) is 15.0. The van der Waals surface area contributed by atoms with Crippen molar-refractivity contribution in [2.45, 2.75) is 6.54 Å². The summed E-state index contributed by atoms with van der Waals surface area (Å²) in [6.07, 6.45) is 3.05. The maximum Gasteiger partial charge on any atom is 0.252 e. The lowest BCUT2D eigenvalue weighted by molar-refractivity contribution is 0.100. The summed E-state index contributed by atoms with van der Waals surface area (Å²) >= 11 is 0. The van der Waals surface area contributed by atoms with Crippen molar-refractivity contribution in [1.82, 2.24) is 9.55 Å². The third-order valence-electron chi connectivity index (χ3n) is 3.27. The Kier molecular flexibility index (Phi) is 3.13. The number of rotatable bonds is 3. The van der Waals surface area contributed by atoms with E-state index in [1.807, 2.05) is 0 Å². The topological polar surface area (TPSA) is 60.9 Å². The Bertz CT molecular complexity index is 842. The second-order valence-corrected chi connectivity index (χ2v) is 4.62. The molecule has 0 saturated heterocycles. The van der Waals surface area contributed by atoms with Crippen molar-refractivity contribution < 1.29 is 13.6 Å². The van der Waals surface area contributed by atoms with Gasteiger partial charge in [0.1, 0.15) is 5.52 Å². The average molecular weight is 287 g/mol. The Balaban J connectivity index is 2.13. The maximum absolute atomic E-state index is 13.8. The Morgan fingerprint density at radius 2 is 2.05 bits per heavy atom. The number of aromatic nitrogens is 2. The van der Waals surface area contributed by atoms with Gasteiger partial charge in [-0.2, -0.15) is 0 Å². The standard InChI is InChI=1S/C15H11F2N3O/c16-11-4-1-3-9(13(11)17)7-20-8-10(15(18)21)14-12(20)5-2-6-19-14/h1-6,8H,7H2,(H2,18,21). The highest BCUT2D eigenvalue weighted by Gasteiger charge is 2.15. The van der Waals surface area contributed by atoms with Gasteiger partial charge >= 0.3 is 0 Å². The van der Waals surface area contributed by atoms with E-state index in [0.717, 1.165) is 6.07 Å². The van der Waals surface area contributed by atoms with Gasteiger partial charge in [-0.1, -0.05) is 12.1 Å². The van der Waals surface area contributed by atoms with Crippen LogP contribution in [-0.2, 0) is 6.54 Å². The summed E-state index contributed by atoms with van der Waals surface area (Å²) in [7, 11) is 0. The lowest BCUT2D eigenvalue weighted by Crippen LogP contribution is -2.10. The maximum atomic E-state index is 13.8. The van der Waals surface area contributed by atoms with E-state index in [-0.39, 0.29) is 17.7 Å². The molecule has 0 aliphatic carbocycles. The van der Waals surface area contributed by atoms with Crippen LogP contribution < -0.4 is 5.73 Å². The second-order valence-electron chi connectivity index (χ2n) is 4.62. The number of benzene rings is 1. The summed E-state index contributed by atoms with van der Waals surface area (Å²) in [5, 5.41) is 0. The fourth-order valence-corrected chi connectivity index (χ4v) is 2.29. The highest BCUT2D eigenvalue weighted by molar-refractivity contribution is 6.04. The molecular weight excluding hydrogens is 276 g/mol. The molecule has 2 aromatic heterocycles. The zero-order valence-electron chi connectivity index (χ0n) is 10.9. The summed E-state index contributed by atoms with van der Waals surface area (Å²) in [5.74, 6) is -2.42. The summed E-state index contributed by atoms with van der Waals surface area (Å²) in [6.45, 7) is 0.0824. The van der Waals surface area contributed by atoms with E-state index in [4.69, 9.17) is 5.73 Å². The predicted octanol–water partition coefficient (Wildman–Crippen LogP) is 2.46. The molecule has 0 atom stereocenters. The number of nitrogens with two attached hydrogens (primary N) is 1. The molecule has 106 valence electrons. The molecule has 0 bridgehead atoms. The van der Waals surface area contributed by atoms with Crippen LogP contribution in [0.2, 0.25) is 0 Å². The number of carbonyl (C=O) groups is 1. The van der Waals surface area contributed by atoms with Crippen LogP contribution >= 0.6 is 0 Å². The molecule has 0 unspecified atom stereocenters. The molecule has 0 fully saturated rings. The van der Waals surface area contributed by atoms with Gasteiger partial charge in [-0.3, -0.25) is 9.78 Å². The molecule has 0 aliphatic rings. The molecule has 1 amide bonds. The molecule has 0 spiro atoms. The number of nitrogens with zero attached hydrogens (tertiary/aromatic N) is 2. The van der Waals surface area contributed by atoms with Crippen molar-refractivity contribution >= 4 is 16.9 Å². The first-order valence-corrected chi connectivity index (χ1v) is 6.24. The Morgan fingerprint density at radius 1 is 1.24 bits per heavy atom. The quantitative estimate of drug-likeness (QED) is 0.804. The minimum atomic E-state index is -0.905. The highest BCUT2D eigenvalue weighted by atomic mass is 19.2. The largest absolute Gasteiger partial charge is 0.365 e. The van der Waals surface area contributed by atoms with Crippen LogP contribution in [0.25, 0.3) is 11.0 Å². The zero-order valence-corrected chi connectivity index (χ0v) is 10.9. The van der Waals surface area contributed by atoms with E-state index >= 15 is 0 Å². The molecule has 3 aromatic rings. The predicted molar refractivity (Wildman–Crippen MR) is 73.7 cm³/mol. The number of pyridine rings is 1. The number of fused-ring (bicyclic) bond motifs is 1. The van der Waals surface area contributed by atoms with Gasteiger partial charge in [0.05, 0.1) is 17.6 Å². The number of hydrogen-bond acceptors (Lipinski definition) is 2. The third kappa shape index (κ3) is 2.24. The van der Waals surface area contributed by atoms with E-state index < -0.39 is 17.5 Å². The summed E-state index contributed by atoms with van der Waals surface area (Å²) < 4.78 is 28.6. The van der Waals surface area contributed by atoms with Gasteiger partial charge in [0.2, 0.25) is 0 Å². The fraction of sp³-hybridized carbons (Fsp3) is 0.0667. The van der Waals surface area contributed by atoms with Gasteiger partial charge < -0.3 is 10.3 Å². The summed E-state index contributed by atoms with van der Waals surface area (Å²) in [5.41, 5.74) is 6.83. The van der Waals surface area contributed by atoms with Crippen molar-refractivity contribution in [2.75, 3.05) is 0 Å². The Hall–Kier alpha value is -2.76. The van der Waals surface area contributed by atoms with Gasteiger partial charge in [-0.05, 0) is 18.2 Å². The Morgan fingerprint density at radius 3 is 2.81 bits per heavy atom. The van der Waals surface area contributed by atoms with E-state index in [2.05, 4.69) is 4.98 Å². The number of amides is 1. The summed E-state index contributed by atoms with van der Waals surface area (Å²) in [6, 6.07) is 7.43. The van der Waals surface area contributed by atoms with E-state index in [9.17, 15) is 13.6 Å². The van der Waals surface area contributed by atoms with Crippen LogP contribution in [0.3, 0.4) is 0 Å². The third-order valence-corrected chi connectivity index (χ3v) is 3.27. The van der Waals surface area contributed by atoms with Gasteiger partial charge in [-0.15, -0.1) is 0 Å². The van der Waals surface area contributed by atoms with Crippen LogP contribution in [0.15, 0.2) is 42.7 Å². The van der Waals surface area contributed by atoms with Gasteiger partial charge in [0.15, 0.2) is 11.6 Å². The average Bonchev–Trinajstić information content (AvgIpc) is 2.83. The lowest BCUT2D eigenvalue weighted by atomic mass is 10.2. The van der Waals surface area contributed by atoms with Crippen molar-refractivity contribution in [1.29, 1.82) is 0 Å². The Labute approximate surface area is 118 Å². The van der Waals surface area contributed by atoms with Gasteiger partial charge in [-0.25, -0.2) is 8.78 Å². The monoisotopic (exact) mass is 287 g/mol. The lowest BCUT2D eigenvalue weighted by Gasteiger charge is -2.06. The smallest absolute Gasteiger partial charge is 0.252 e. The van der Waals surface area contributed by atoms with E-state index in [1.54, 1.807) is 22.9 Å². The first-order chi connectivity index (χ1) is 10.1. The number of carbonyl (C=O) groups excluding carboxylic acids is 1. The van der Waals surface area contributed by atoms with E-state index in [1.165, 1.54) is 18.3 Å². The van der Waals surface area contributed by atoms with Crippen molar-refractivity contribution in [2.24, 2.45) is 5.73 Å². The molecule has 3 rings (SSSR count). The molecule has 2 heterocycles. The summed E-state index contributed by atoms with van der Waals surface area (Å²) in [4.78, 5) is 15.6. The van der Waals surface area contributed by atoms with Crippen molar-refractivity contribution in [3.05, 3.63) is 65.5 Å². The molecule has 4 nitrogen and oxygen atoms in total. The number of halogens is 2. The van der Waals surface area contributed by atoms with Crippen LogP contribution in [0.1, 0.15) is 15.9 Å². The minimum absolute atomic E-state index is 0.0824. The molecule has 0 aliphatic heterocycles. The first kappa shape index (κ1) is 13.2. The van der Waals surface area contributed by atoms with Crippen LogP contribution in [0.5, 0.6) is 0 Å². The van der Waals surface area contributed by atoms with Crippen LogP contribution in [-0.4, -0.2) is 15.5 Å². The van der Waals surface area contributed by atoms with Crippen molar-refractivity contribution in [3.63, 3.8) is 0 Å². The molecular formula is C15H11F2N3O. The van der Waals surface area contributed by atoms with Gasteiger partial charge in [0, 0.05) is 18.0 Å². The first-order valence-electron chi connectivity index (χ1n) is 6.24. The van der Waals surface area contributed by atoms with E-state index in [0.29, 0.717) is 11.0 Å². The molecule has 0 radical (unpaired) electrons. The highest BCUT2D eigenvalue weighted by Crippen LogP contribution is 2.21. The second kappa shape index (κ2) is 4.97. The number of primary amides is 1. The van der Waals surface area contributed by atoms with Crippen LogP contribution in [0, 0.1) is 11.6 Å². The molecule has 6 heteroatoms. The minimum Gasteiger partial charge on any atom is -0.365 e. The SMILES string of the molecule is NC(=O)c1cn(Cc2cccc(F)c2F)c2cccnc12. The normalized spacial score (nSPS) is 11.0. The molecule has 21 heavy (non-hydrogen) atoms. The molecule has 1 aromatic carbocycles. The van der Waals surface area contributed by atoms with Crippen LogP contribution in [0.4, 0.5) is 8.78 Å². The fourth-order valence-electron chi connectivity index (χ4n) is 2.29. The van der Waals surface area contributed by atoms with Crippen molar-refractivity contribution in [3.8, 4) is 0 Å². The molecule has 0 saturated carbocycles. The molecule has 2 N–H and O–H groups in total.